The number of halogens is 2. The topological polar surface area (TPSA) is 107 Å². The molecule has 3 aromatic rings. The molecular weight excluding hydrogens is 477 g/mol. The zero-order valence-corrected chi connectivity index (χ0v) is 19.1. The van der Waals surface area contributed by atoms with Crippen LogP contribution in [0.5, 0.6) is 11.5 Å². The van der Waals surface area contributed by atoms with E-state index in [4.69, 9.17) is 32.7 Å². The molecule has 0 saturated heterocycles. The van der Waals surface area contributed by atoms with Gasteiger partial charge in [-0.25, -0.2) is 0 Å². The van der Waals surface area contributed by atoms with Crippen LogP contribution in [0.3, 0.4) is 0 Å². The van der Waals surface area contributed by atoms with Crippen LogP contribution in [0, 0.1) is 0 Å². The Hall–Kier alpha value is -2.95. The number of fused-ring (bicyclic) bond motifs is 1. The number of carbonyl (C=O) groups excluding carboxylic acids is 2. The molecule has 0 radical (unpaired) electrons. The Morgan fingerprint density at radius 3 is 2.53 bits per heavy atom. The molecule has 1 aliphatic heterocycles. The molecule has 0 aliphatic carbocycles. The summed E-state index contributed by atoms with van der Waals surface area (Å²) in [6.07, 6.45) is 0.00764. The number of thioether (sulfide) groups is 1. The van der Waals surface area contributed by atoms with Crippen molar-refractivity contribution in [2.24, 2.45) is 7.05 Å². The number of aromatic nitrogens is 3. The predicted octanol–water partition coefficient (Wildman–Crippen LogP) is 3.76. The van der Waals surface area contributed by atoms with E-state index in [2.05, 4.69) is 20.8 Å². The summed E-state index contributed by atoms with van der Waals surface area (Å²) in [6, 6.07) is 10.0. The van der Waals surface area contributed by atoms with Crippen molar-refractivity contribution in [3.63, 3.8) is 0 Å². The second kappa shape index (κ2) is 9.68. The van der Waals surface area contributed by atoms with Gasteiger partial charge in [0.15, 0.2) is 16.7 Å². The van der Waals surface area contributed by atoms with Crippen molar-refractivity contribution >= 4 is 58.2 Å². The van der Waals surface area contributed by atoms with Crippen LogP contribution in [-0.2, 0) is 23.1 Å². The zero-order valence-electron chi connectivity index (χ0n) is 16.7. The maximum absolute atomic E-state index is 12.3. The lowest BCUT2D eigenvalue weighted by molar-refractivity contribution is -0.116. The summed E-state index contributed by atoms with van der Waals surface area (Å²) < 4.78 is 12.2. The van der Waals surface area contributed by atoms with Crippen LogP contribution < -0.4 is 20.1 Å². The molecule has 0 fully saturated rings. The average molecular weight is 494 g/mol. The van der Waals surface area contributed by atoms with Gasteiger partial charge in [-0.05, 0) is 30.3 Å². The monoisotopic (exact) mass is 493 g/mol. The third-order valence-electron chi connectivity index (χ3n) is 4.44. The summed E-state index contributed by atoms with van der Waals surface area (Å²) in [5.74, 6) is 1.32. The number of hydrogen-bond acceptors (Lipinski definition) is 7. The van der Waals surface area contributed by atoms with Gasteiger partial charge in [-0.15, -0.1) is 10.2 Å². The molecule has 1 aromatic heterocycles. The van der Waals surface area contributed by atoms with Gasteiger partial charge < -0.3 is 24.7 Å². The van der Waals surface area contributed by atoms with Crippen molar-refractivity contribution in [1.82, 2.24) is 14.8 Å². The Bertz CT molecular complexity index is 1190. The van der Waals surface area contributed by atoms with Gasteiger partial charge in [0.1, 0.15) is 5.82 Å². The van der Waals surface area contributed by atoms with E-state index < -0.39 is 0 Å². The number of amides is 2. The van der Waals surface area contributed by atoms with Crippen molar-refractivity contribution in [3.05, 3.63) is 52.3 Å². The molecule has 2 heterocycles. The molecule has 2 N–H and O–H groups in total. The molecule has 0 spiro atoms. The van der Waals surface area contributed by atoms with Crippen molar-refractivity contribution in [3.8, 4) is 11.5 Å². The van der Waals surface area contributed by atoms with Gasteiger partial charge in [0.05, 0.1) is 22.2 Å². The molecular formula is C20H17Cl2N5O4S. The smallest absolute Gasteiger partial charge is 0.234 e. The van der Waals surface area contributed by atoms with Crippen LogP contribution in [0.4, 0.5) is 11.4 Å². The molecule has 2 aromatic carbocycles. The van der Waals surface area contributed by atoms with Gasteiger partial charge in [0.25, 0.3) is 0 Å². The lowest BCUT2D eigenvalue weighted by Crippen LogP contribution is -2.17. The number of ether oxygens (including phenoxy) is 2. The summed E-state index contributed by atoms with van der Waals surface area (Å²) in [5.41, 5.74) is 1.14. The summed E-state index contributed by atoms with van der Waals surface area (Å²) in [5, 5.41) is 14.9. The SMILES string of the molecule is Cn1c(CC(=O)Nc2ccc(Cl)c(Cl)c2)nnc1SCC(=O)Nc1ccc2c(c1)OCO2. The molecule has 166 valence electrons. The maximum Gasteiger partial charge on any atom is 0.234 e. The molecule has 0 saturated carbocycles. The molecule has 0 atom stereocenters. The number of rotatable bonds is 7. The van der Waals surface area contributed by atoms with Gasteiger partial charge in [-0.2, -0.15) is 0 Å². The Labute approximate surface area is 197 Å². The first-order valence-electron chi connectivity index (χ1n) is 9.34. The van der Waals surface area contributed by atoms with Crippen LogP contribution in [0.25, 0.3) is 0 Å². The molecule has 0 unspecified atom stereocenters. The third-order valence-corrected chi connectivity index (χ3v) is 6.20. The fraction of sp³-hybridized carbons (Fsp3) is 0.200. The Morgan fingerprint density at radius 1 is 1.00 bits per heavy atom. The third kappa shape index (κ3) is 5.26. The highest BCUT2D eigenvalue weighted by Crippen LogP contribution is 2.34. The Balaban J connectivity index is 1.30. The van der Waals surface area contributed by atoms with E-state index in [-0.39, 0.29) is 30.8 Å². The van der Waals surface area contributed by atoms with Crippen LogP contribution in [0.1, 0.15) is 5.82 Å². The molecule has 0 bridgehead atoms. The fourth-order valence-corrected chi connectivity index (χ4v) is 3.88. The van der Waals surface area contributed by atoms with E-state index >= 15 is 0 Å². The number of hydrogen-bond donors (Lipinski definition) is 2. The van der Waals surface area contributed by atoms with Crippen molar-refractivity contribution in [1.29, 1.82) is 0 Å². The van der Waals surface area contributed by atoms with Crippen molar-refractivity contribution in [2.45, 2.75) is 11.6 Å². The largest absolute Gasteiger partial charge is 0.454 e. The van der Waals surface area contributed by atoms with E-state index in [0.29, 0.717) is 43.9 Å². The van der Waals surface area contributed by atoms with Crippen LogP contribution in [0.2, 0.25) is 10.0 Å². The second-order valence-electron chi connectivity index (χ2n) is 6.72. The normalized spacial score (nSPS) is 12.0. The highest BCUT2D eigenvalue weighted by Gasteiger charge is 2.17. The summed E-state index contributed by atoms with van der Waals surface area (Å²) in [6.45, 7) is 0.169. The minimum Gasteiger partial charge on any atom is -0.454 e. The van der Waals surface area contributed by atoms with Gasteiger partial charge in [-0.1, -0.05) is 35.0 Å². The quantitative estimate of drug-likeness (QED) is 0.482. The lowest BCUT2D eigenvalue weighted by atomic mass is 10.3. The summed E-state index contributed by atoms with van der Waals surface area (Å²) in [4.78, 5) is 24.6. The van der Waals surface area contributed by atoms with E-state index in [1.54, 1.807) is 48.0 Å². The van der Waals surface area contributed by atoms with Crippen LogP contribution >= 0.6 is 35.0 Å². The Morgan fingerprint density at radius 2 is 1.72 bits per heavy atom. The number of carbonyl (C=O) groups is 2. The fourth-order valence-electron chi connectivity index (χ4n) is 2.85. The first-order valence-corrected chi connectivity index (χ1v) is 11.1. The van der Waals surface area contributed by atoms with Gasteiger partial charge in [0, 0.05) is 24.5 Å². The first-order chi connectivity index (χ1) is 15.4. The number of benzene rings is 2. The molecule has 9 nitrogen and oxygen atoms in total. The van der Waals surface area contributed by atoms with Gasteiger partial charge in [-0.3, -0.25) is 9.59 Å². The lowest BCUT2D eigenvalue weighted by Gasteiger charge is -2.07. The van der Waals surface area contributed by atoms with Crippen LogP contribution in [-0.4, -0.2) is 39.1 Å². The van der Waals surface area contributed by atoms with E-state index in [1.807, 2.05) is 0 Å². The van der Waals surface area contributed by atoms with Crippen LogP contribution in [0.15, 0.2) is 41.6 Å². The standard InChI is InChI=1S/C20H17Cl2N5O4S/c1-27-17(8-18(28)23-11-2-4-13(21)14(22)6-11)25-26-20(27)32-9-19(29)24-12-3-5-15-16(7-12)31-10-30-15/h2-7H,8-10H2,1H3,(H,23,28)(H,24,29). The van der Waals surface area contributed by atoms with Gasteiger partial charge >= 0.3 is 0 Å². The Kier molecular flexibility index (Phi) is 6.73. The highest BCUT2D eigenvalue weighted by atomic mass is 35.5. The minimum absolute atomic E-state index is 0.00764. The number of anilines is 2. The van der Waals surface area contributed by atoms with E-state index in [0.717, 1.165) is 0 Å². The molecule has 1 aliphatic rings. The second-order valence-corrected chi connectivity index (χ2v) is 8.47. The molecule has 32 heavy (non-hydrogen) atoms. The summed E-state index contributed by atoms with van der Waals surface area (Å²) in [7, 11) is 1.74. The van der Waals surface area contributed by atoms with E-state index in [1.165, 1.54) is 11.8 Å². The maximum atomic E-state index is 12.3. The number of nitrogens with one attached hydrogen (secondary N) is 2. The average Bonchev–Trinajstić information content (AvgIpc) is 3.36. The van der Waals surface area contributed by atoms with Crippen molar-refractivity contribution in [2.75, 3.05) is 23.2 Å². The molecule has 4 rings (SSSR count). The number of nitrogens with zero attached hydrogens (tertiary/aromatic N) is 3. The minimum atomic E-state index is -0.281. The molecule has 12 heteroatoms. The first kappa shape index (κ1) is 22.3. The highest BCUT2D eigenvalue weighted by molar-refractivity contribution is 7.99. The zero-order chi connectivity index (χ0) is 22.7. The molecule has 2 amide bonds. The summed E-state index contributed by atoms with van der Waals surface area (Å²) >= 11 is 13.1. The van der Waals surface area contributed by atoms with Crippen molar-refractivity contribution < 1.29 is 19.1 Å². The predicted molar refractivity (Wildman–Crippen MR) is 122 cm³/mol. The van der Waals surface area contributed by atoms with Gasteiger partial charge in [0.2, 0.25) is 18.6 Å². The van der Waals surface area contributed by atoms with E-state index in [9.17, 15) is 9.59 Å².